The van der Waals surface area contributed by atoms with E-state index in [9.17, 15) is 0 Å². The van der Waals surface area contributed by atoms with Gasteiger partial charge in [0.2, 0.25) is 0 Å². The van der Waals surface area contributed by atoms with Gasteiger partial charge in [-0.05, 0) is 6.07 Å². The molecular weight excluding hydrogens is 355 g/mol. The summed E-state index contributed by atoms with van der Waals surface area (Å²) in [6, 6.07) is 10.1. The number of rotatable bonds is 1. The van der Waals surface area contributed by atoms with Crippen molar-refractivity contribution in [1.29, 1.82) is 5.26 Å². The van der Waals surface area contributed by atoms with Gasteiger partial charge in [-0.25, -0.2) is 0 Å². The topological polar surface area (TPSA) is 27.0 Å². The molecule has 1 aliphatic rings. The minimum absolute atomic E-state index is 0.589. The average molecular weight is 363 g/mol. The van der Waals surface area contributed by atoms with Crippen LogP contribution >= 0.6 is 41.9 Å². The molecule has 0 aromatic heterocycles. The number of nitriles is 1. The van der Waals surface area contributed by atoms with Gasteiger partial charge in [0.15, 0.2) is 0 Å². The third kappa shape index (κ3) is 2.17. The summed E-state index contributed by atoms with van der Waals surface area (Å²) in [6.45, 7) is 0.809. The zero-order valence-corrected chi connectivity index (χ0v) is 12.0. The highest BCUT2D eigenvalue weighted by Crippen LogP contribution is 2.39. The molecule has 0 amide bonds. The third-order valence-electron chi connectivity index (χ3n) is 2.46. The smallest absolute Gasteiger partial charge is 0.0963 e. The summed E-state index contributed by atoms with van der Waals surface area (Å²) in [5.41, 5.74) is 2.70. The van der Waals surface area contributed by atoms with Gasteiger partial charge in [-0.1, -0.05) is 29.8 Å². The Bertz CT molecular complexity index is 481. The first-order chi connectivity index (χ1) is 7.77. The Hall–Kier alpha value is -0.380. The molecule has 0 saturated heterocycles. The largest absolute Gasteiger partial charge is 0.307 e. The lowest BCUT2D eigenvalue weighted by molar-refractivity contribution is 0.989. The van der Waals surface area contributed by atoms with E-state index in [4.69, 9.17) is 16.9 Å². The number of hydrogen-bond acceptors (Lipinski definition) is 3. The molecule has 0 bridgehead atoms. The molecule has 0 aliphatic carbocycles. The van der Waals surface area contributed by atoms with E-state index in [1.54, 1.807) is 9.12 Å². The van der Waals surface area contributed by atoms with E-state index in [1.807, 2.05) is 24.3 Å². The average Bonchev–Trinajstić information content (AvgIpc) is 2.47. The van der Waals surface area contributed by atoms with Crippen molar-refractivity contribution in [3.63, 3.8) is 0 Å². The molecule has 16 heavy (non-hydrogen) atoms. The number of nitrogens with zero attached hydrogens (tertiary/aromatic N) is 2. The van der Waals surface area contributed by atoms with Gasteiger partial charge >= 0.3 is 0 Å². The predicted octanol–water partition coefficient (Wildman–Crippen LogP) is 4.37. The molecule has 0 unspecified atom stereocenters. The highest BCUT2D eigenvalue weighted by atomic mass is 127. The van der Waals surface area contributed by atoms with Crippen LogP contribution in [0.3, 0.4) is 0 Å². The standard InChI is InChI=1S/C11H8ClIN2S/c12-11-8(7-14)5-6-15(16-13)10-4-2-1-3-9(10)11/h1-4H,5-6H2. The minimum Gasteiger partial charge on any atom is -0.307 e. The molecule has 2 nitrogen and oxygen atoms in total. The van der Waals surface area contributed by atoms with Crippen molar-refractivity contribution in [2.75, 3.05) is 10.8 Å². The fourth-order valence-corrected chi connectivity index (χ4v) is 3.58. The first-order valence-electron chi connectivity index (χ1n) is 4.72. The highest BCUT2D eigenvalue weighted by molar-refractivity contribution is 14.2. The molecule has 1 aromatic carbocycles. The van der Waals surface area contributed by atoms with Crippen LogP contribution in [0.5, 0.6) is 0 Å². The van der Waals surface area contributed by atoms with E-state index in [0.717, 1.165) is 17.8 Å². The van der Waals surface area contributed by atoms with Gasteiger partial charge < -0.3 is 4.31 Å². The summed E-state index contributed by atoms with van der Waals surface area (Å²) in [4.78, 5) is 0. The SMILES string of the molecule is N#CC1=C(Cl)c2ccccc2N(SI)CC1. The van der Waals surface area contributed by atoms with Crippen LogP contribution in [0.1, 0.15) is 12.0 Å². The maximum atomic E-state index is 9.05. The van der Waals surface area contributed by atoms with E-state index in [0.29, 0.717) is 17.0 Å². The summed E-state index contributed by atoms with van der Waals surface area (Å²) in [5, 5.41) is 9.64. The third-order valence-corrected chi connectivity index (χ3v) is 4.86. The molecule has 1 aliphatic heterocycles. The molecule has 2 rings (SSSR count). The van der Waals surface area contributed by atoms with Crippen LogP contribution in [-0.2, 0) is 0 Å². The zero-order valence-electron chi connectivity index (χ0n) is 8.28. The molecule has 0 saturated carbocycles. The van der Waals surface area contributed by atoms with Crippen LogP contribution in [0.4, 0.5) is 5.69 Å². The lowest BCUT2D eigenvalue weighted by atomic mass is 10.1. The monoisotopic (exact) mass is 362 g/mol. The van der Waals surface area contributed by atoms with Crippen LogP contribution in [0.15, 0.2) is 29.8 Å². The summed E-state index contributed by atoms with van der Waals surface area (Å²) in [7, 11) is 1.62. The van der Waals surface area contributed by atoms with Gasteiger partial charge in [0, 0.05) is 48.9 Å². The molecule has 0 radical (unpaired) electrons. The summed E-state index contributed by atoms with van der Waals surface area (Å²) >= 11 is 8.50. The number of hydrogen-bond donors (Lipinski definition) is 0. The Kier molecular flexibility index (Phi) is 4.00. The molecular formula is C11H8ClIN2S. The highest BCUT2D eigenvalue weighted by Gasteiger charge is 2.20. The van der Waals surface area contributed by atoms with E-state index in [-0.39, 0.29) is 0 Å². The van der Waals surface area contributed by atoms with Crippen molar-refractivity contribution >= 4 is 52.6 Å². The Morgan fingerprint density at radius 1 is 1.44 bits per heavy atom. The molecule has 0 N–H and O–H groups in total. The van der Waals surface area contributed by atoms with Crippen LogP contribution in [-0.4, -0.2) is 6.54 Å². The zero-order chi connectivity index (χ0) is 11.5. The van der Waals surface area contributed by atoms with Crippen LogP contribution in [0.2, 0.25) is 0 Å². The van der Waals surface area contributed by atoms with Crippen molar-refractivity contribution in [1.82, 2.24) is 0 Å². The lowest BCUT2D eigenvalue weighted by Gasteiger charge is -2.20. The maximum Gasteiger partial charge on any atom is 0.0963 e. The Balaban J connectivity index is 2.58. The van der Waals surface area contributed by atoms with E-state index in [1.165, 1.54) is 0 Å². The summed E-state index contributed by atoms with van der Waals surface area (Å²) in [5.74, 6) is 0. The predicted molar refractivity (Wildman–Crippen MR) is 78.4 cm³/mol. The van der Waals surface area contributed by atoms with Gasteiger partial charge in [-0.3, -0.25) is 0 Å². The van der Waals surface area contributed by atoms with Gasteiger partial charge in [0.05, 0.1) is 22.4 Å². The number of benzene rings is 1. The fraction of sp³-hybridized carbons (Fsp3) is 0.182. The number of para-hydroxylation sites is 1. The molecule has 0 spiro atoms. The van der Waals surface area contributed by atoms with Crippen molar-refractivity contribution < 1.29 is 0 Å². The van der Waals surface area contributed by atoms with Crippen molar-refractivity contribution in [2.24, 2.45) is 0 Å². The first-order valence-corrected chi connectivity index (χ1v) is 8.41. The van der Waals surface area contributed by atoms with Gasteiger partial charge in [-0.2, -0.15) is 5.26 Å². The van der Waals surface area contributed by atoms with Crippen LogP contribution < -0.4 is 4.31 Å². The second-order valence-electron chi connectivity index (χ2n) is 3.34. The summed E-state index contributed by atoms with van der Waals surface area (Å²) in [6.07, 6.45) is 0.694. The maximum absolute atomic E-state index is 9.05. The second-order valence-corrected chi connectivity index (χ2v) is 5.48. The molecule has 5 heteroatoms. The van der Waals surface area contributed by atoms with Gasteiger partial charge in [-0.15, -0.1) is 0 Å². The van der Waals surface area contributed by atoms with Crippen LogP contribution in [0.25, 0.3) is 5.03 Å². The molecule has 0 fully saturated rings. The number of halogens is 2. The first kappa shape index (κ1) is 12.1. The van der Waals surface area contributed by atoms with E-state index >= 15 is 0 Å². The quantitative estimate of drug-likeness (QED) is 0.548. The molecule has 1 heterocycles. The minimum atomic E-state index is 0.589. The number of anilines is 1. The van der Waals surface area contributed by atoms with E-state index in [2.05, 4.69) is 31.6 Å². The van der Waals surface area contributed by atoms with Crippen molar-refractivity contribution in [3.05, 3.63) is 35.4 Å². The van der Waals surface area contributed by atoms with Gasteiger partial charge in [0.25, 0.3) is 0 Å². The lowest BCUT2D eigenvalue weighted by Crippen LogP contribution is -2.13. The number of fused-ring (bicyclic) bond motifs is 1. The Morgan fingerprint density at radius 2 is 2.19 bits per heavy atom. The normalized spacial score (nSPS) is 15.4. The Morgan fingerprint density at radius 3 is 2.88 bits per heavy atom. The van der Waals surface area contributed by atoms with Crippen LogP contribution in [0, 0.1) is 11.3 Å². The molecule has 1 aromatic rings. The molecule has 0 atom stereocenters. The summed E-state index contributed by atoms with van der Waals surface area (Å²) < 4.78 is 2.16. The second kappa shape index (κ2) is 5.30. The van der Waals surface area contributed by atoms with Crippen molar-refractivity contribution in [3.8, 4) is 6.07 Å². The molecule has 82 valence electrons. The van der Waals surface area contributed by atoms with Gasteiger partial charge in [0.1, 0.15) is 0 Å². The fourth-order valence-electron chi connectivity index (χ4n) is 1.66. The Labute approximate surface area is 116 Å². The van der Waals surface area contributed by atoms with E-state index < -0.39 is 0 Å². The van der Waals surface area contributed by atoms with Crippen molar-refractivity contribution in [2.45, 2.75) is 6.42 Å².